The minimum atomic E-state index is -0.690. The zero-order valence-corrected chi connectivity index (χ0v) is 19.5. The first-order valence-electron chi connectivity index (χ1n) is 11.3. The Labute approximate surface area is 181 Å². The summed E-state index contributed by atoms with van der Waals surface area (Å²) >= 11 is 0. The lowest BCUT2D eigenvalue weighted by atomic mass is 9.48. The molecule has 5 heteroatoms. The molecule has 30 heavy (non-hydrogen) atoms. The highest BCUT2D eigenvalue weighted by Crippen LogP contribution is 2.62. The van der Waals surface area contributed by atoms with Gasteiger partial charge in [0.25, 0.3) is 0 Å². The number of carbonyl (C=O) groups is 1. The zero-order chi connectivity index (χ0) is 22.1. The van der Waals surface area contributed by atoms with Crippen LogP contribution in [-0.4, -0.2) is 43.8 Å². The molecule has 0 aromatic rings. The van der Waals surface area contributed by atoms with Crippen molar-refractivity contribution in [3.8, 4) is 0 Å². The van der Waals surface area contributed by atoms with Crippen molar-refractivity contribution in [2.45, 2.75) is 84.4 Å². The topological polar surface area (TPSA) is 54.0 Å². The second-order valence-electron chi connectivity index (χ2n) is 11.1. The van der Waals surface area contributed by atoms with Crippen LogP contribution >= 0.6 is 0 Å². The molecule has 0 aromatic heterocycles. The minimum Gasteiger partial charge on any atom is -0.359 e. The van der Waals surface area contributed by atoms with Crippen LogP contribution in [0.4, 0.5) is 0 Å². The van der Waals surface area contributed by atoms with Gasteiger partial charge in [-0.1, -0.05) is 33.9 Å². The van der Waals surface area contributed by atoms with Gasteiger partial charge < -0.3 is 18.9 Å². The SMILES string of the molecule is C=C1[C@@H](OCOC)CC[C@]2(C)[C@@H]1C[C@@H]1CC(=O)C(=C)[C@@H]([C@H]3OC(C)(C)O[C@@H]32)C1(C)C. The van der Waals surface area contributed by atoms with Gasteiger partial charge in [0.1, 0.15) is 6.79 Å². The molecule has 0 unspecified atom stereocenters. The van der Waals surface area contributed by atoms with E-state index in [1.54, 1.807) is 7.11 Å². The van der Waals surface area contributed by atoms with Crippen LogP contribution in [0.5, 0.6) is 0 Å². The molecule has 4 rings (SSSR count). The monoisotopic (exact) mass is 418 g/mol. The lowest BCUT2D eigenvalue weighted by Crippen LogP contribution is -2.59. The lowest BCUT2D eigenvalue weighted by molar-refractivity contribution is -0.166. The number of fused-ring (bicyclic) bond motifs is 6. The van der Waals surface area contributed by atoms with E-state index < -0.39 is 5.79 Å². The maximum atomic E-state index is 13.0. The van der Waals surface area contributed by atoms with Crippen LogP contribution in [0.25, 0.3) is 0 Å². The molecule has 7 atom stereocenters. The fourth-order valence-electron chi connectivity index (χ4n) is 6.88. The summed E-state index contributed by atoms with van der Waals surface area (Å²) in [6.45, 7) is 19.9. The van der Waals surface area contributed by atoms with Crippen LogP contribution in [0.3, 0.4) is 0 Å². The van der Waals surface area contributed by atoms with Crippen molar-refractivity contribution >= 4 is 5.78 Å². The first-order valence-corrected chi connectivity index (χ1v) is 11.3. The van der Waals surface area contributed by atoms with Crippen molar-refractivity contribution in [1.82, 2.24) is 0 Å². The molecule has 1 heterocycles. The average Bonchev–Trinajstić information content (AvgIpc) is 2.97. The molecule has 3 aliphatic carbocycles. The zero-order valence-electron chi connectivity index (χ0n) is 19.5. The quantitative estimate of drug-likeness (QED) is 0.379. The molecular formula is C25H38O5. The van der Waals surface area contributed by atoms with Gasteiger partial charge in [-0.2, -0.15) is 0 Å². The van der Waals surface area contributed by atoms with Crippen LogP contribution < -0.4 is 0 Å². The Kier molecular flexibility index (Phi) is 5.37. The molecule has 0 aromatic carbocycles. The van der Waals surface area contributed by atoms with E-state index in [4.69, 9.17) is 18.9 Å². The maximum Gasteiger partial charge on any atom is 0.163 e. The Bertz CT molecular complexity index is 753. The van der Waals surface area contributed by atoms with E-state index in [1.165, 1.54) is 0 Å². The summed E-state index contributed by atoms with van der Waals surface area (Å²) in [5, 5.41) is 0. The predicted octanol–water partition coefficient (Wildman–Crippen LogP) is 4.66. The summed E-state index contributed by atoms with van der Waals surface area (Å²) < 4.78 is 24.3. The van der Waals surface area contributed by atoms with E-state index in [9.17, 15) is 4.79 Å². The molecule has 2 bridgehead atoms. The molecule has 4 fully saturated rings. The fraction of sp³-hybridized carbons (Fsp3) is 0.800. The van der Waals surface area contributed by atoms with E-state index in [1.807, 2.05) is 13.8 Å². The minimum absolute atomic E-state index is 0.0237. The number of hydrogen-bond donors (Lipinski definition) is 0. The van der Waals surface area contributed by atoms with Crippen LogP contribution in [0.15, 0.2) is 24.3 Å². The Morgan fingerprint density at radius 2 is 1.83 bits per heavy atom. The molecule has 0 radical (unpaired) electrons. The Morgan fingerprint density at radius 3 is 2.50 bits per heavy atom. The largest absolute Gasteiger partial charge is 0.359 e. The fourth-order valence-corrected chi connectivity index (χ4v) is 6.88. The average molecular weight is 419 g/mol. The van der Waals surface area contributed by atoms with Gasteiger partial charge >= 0.3 is 0 Å². The third-order valence-corrected chi connectivity index (χ3v) is 8.64. The molecule has 1 aliphatic heterocycles. The normalized spacial score (nSPS) is 44.8. The second-order valence-corrected chi connectivity index (χ2v) is 11.1. The Morgan fingerprint density at radius 1 is 1.13 bits per heavy atom. The number of ether oxygens (including phenoxy) is 4. The smallest absolute Gasteiger partial charge is 0.163 e. The van der Waals surface area contributed by atoms with Crippen molar-refractivity contribution in [2.24, 2.45) is 28.6 Å². The van der Waals surface area contributed by atoms with Gasteiger partial charge in [-0.3, -0.25) is 4.79 Å². The van der Waals surface area contributed by atoms with Gasteiger partial charge in [0, 0.05) is 24.9 Å². The highest BCUT2D eigenvalue weighted by molar-refractivity contribution is 5.96. The summed E-state index contributed by atoms with van der Waals surface area (Å²) in [7, 11) is 1.64. The van der Waals surface area contributed by atoms with Crippen LogP contribution in [0, 0.1) is 28.6 Å². The third-order valence-electron chi connectivity index (χ3n) is 8.64. The van der Waals surface area contributed by atoms with E-state index in [0.29, 0.717) is 12.0 Å². The number of Topliss-reactive ketones (excluding diaryl/α,β-unsaturated/α-hetero) is 1. The highest BCUT2D eigenvalue weighted by atomic mass is 16.8. The molecule has 0 N–H and O–H groups in total. The van der Waals surface area contributed by atoms with Crippen molar-refractivity contribution in [1.29, 1.82) is 0 Å². The third kappa shape index (κ3) is 3.24. The van der Waals surface area contributed by atoms with Gasteiger partial charge in [0.05, 0.1) is 18.3 Å². The molecule has 168 valence electrons. The van der Waals surface area contributed by atoms with Gasteiger partial charge in [-0.05, 0) is 61.5 Å². The molecule has 3 saturated carbocycles. The second kappa shape index (κ2) is 7.26. The number of hydrogen-bond acceptors (Lipinski definition) is 5. The summed E-state index contributed by atoms with van der Waals surface area (Å²) in [5.41, 5.74) is 1.58. The van der Waals surface area contributed by atoms with Gasteiger partial charge in [0.15, 0.2) is 11.6 Å². The molecule has 0 spiro atoms. The highest BCUT2D eigenvalue weighted by Gasteiger charge is 2.64. The van der Waals surface area contributed by atoms with Crippen molar-refractivity contribution in [2.75, 3.05) is 13.9 Å². The first-order chi connectivity index (χ1) is 13.9. The van der Waals surface area contributed by atoms with Crippen molar-refractivity contribution in [3.63, 3.8) is 0 Å². The van der Waals surface area contributed by atoms with Gasteiger partial charge in [0.2, 0.25) is 0 Å². The standard InChI is InChI=1S/C25H38O5/c1-14-17-11-16-12-18(26)15(2)20(23(16,3)4)21-22(30-24(5,6)29-21)25(17,7)10-9-19(14)28-13-27-8/h16-17,19-22H,1-2,9-13H2,3-8H3/t16-,17-,19+,20+,21-,22+,25-/m1/s1. The molecule has 1 saturated heterocycles. The van der Waals surface area contributed by atoms with Crippen molar-refractivity contribution in [3.05, 3.63) is 24.3 Å². The molecular weight excluding hydrogens is 380 g/mol. The summed E-state index contributed by atoms with van der Waals surface area (Å²) in [4.78, 5) is 13.0. The van der Waals surface area contributed by atoms with E-state index in [-0.39, 0.29) is 59.5 Å². The summed E-state index contributed by atoms with van der Waals surface area (Å²) in [5.74, 6) is -0.110. The van der Waals surface area contributed by atoms with Crippen LogP contribution in [0.1, 0.15) is 60.3 Å². The van der Waals surface area contributed by atoms with Crippen LogP contribution in [-0.2, 0) is 23.7 Å². The Balaban J connectivity index is 1.80. The van der Waals surface area contributed by atoms with E-state index >= 15 is 0 Å². The predicted molar refractivity (Wildman–Crippen MR) is 115 cm³/mol. The first kappa shape index (κ1) is 22.2. The molecule has 4 aliphatic rings. The molecule has 0 amide bonds. The molecule has 5 nitrogen and oxygen atoms in total. The van der Waals surface area contributed by atoms with E-state index in [2.05, 4.69) is 33.9 Å². The lowest BCUT2D eigenvalue weighted by Gasteiger charge is -2.58. The summed E-state index contributed by atoms with van der Waals surface area (Å²) in [6, 6.07) is 0. The number of ketones is 1. The maximum absolute atomic E-state index is 13.0. The van der Waals surface area contributed by atoms with E-state index in [0.717, 1.165) is 24.8 Å². The summed E-state index contributed by atoms with van der Waals surface area (Å²) in [6.07, 6.45) is 2.99. The van der Waals surface area contributed by atoms with Crippen LogP contribution in [0.2, 0.25) is 0 Å². The van der Waals surface area contributed by atoms with Gasteiger partial charge in [-0.25, -0.2) is 0 Å². The van der Waals surface area contributed by atoms with Gasteiger partial charge in [-0.15, -0.1) is 0 Å². The van der Waals surface area contributed by atoms with Crippen molar-refractivity contribution < 1.29 is 23.7 Å². The number of carbonyl (C=O) groups excluding carboxylic acids is 1. The number of methoxy groups -OCH3 is 1. The number of rotatable bonds is 3. The Hall–Kier alpha value is -1.01.